The molecule has 0 spiro atoms. The van der Waals surface area contributed by atoms with Crippen molar-refractivity contribution in [3.05, 3.63) is 59.1 Å². The smallest absolute Gasteiger partial charge is 0.170 e. The van der Waals surface area contributed by atoms with Crippen LogP contribution in [0.1, 0.15) is 18.9 Å². The maximum absolute atomic E-state index is 14.4. The minimum absolute atomic E-state index is 0.358. The predicted octanol–water partition coefficient (Wildman–Crippen LogP) is 5.36. The molecule has 0 aliphatic carbocycles. The highest BCUT2D eigenvalue weighted by Crippen LogP contribution is 2.40. The molecular formula is C21H19ClFN3O. The fourth-order valence-electron chi connectivity index (χ4n) is 3.23. The molecule has 1 aliphatic heterocycles. The minimum Gasteiger partial charge on any atom is -0.487 e. The number of aryl methyl sites for hydroxylation is 1. The first-order valence-electron chi connectivity index (χ1n) is 8.97. The van der Waals surface area contributed by atoms with E-state index in [1.165, 1.54) is 12.1 Å². The average Bonchev–Trinajstić information content (AvgIpc) is 2.69. The average molecular weight is 384 g/mol. The standard InChI is InChI=1S/C21H19ClFN3O/c1-2-3-13-8-14(12-24-11-13)16-10-19(17-9-15(22)4-5-18(17)23)26-21-20(16)27-7-6-25-21/h4-5,8-12H,2-3,6-7H2,1H3,(H,25,26). The second-order valence-corrected chi connectivity index (χ2v) is 6.90. The number of anilines is 1. The van der Waals surface area contributed by atoms with Gasteiger partial charge in [0.05, 0.1) is 12.2 Å². The Kier molecular flexibility index (Phi) is 4.94. The monoisotopic (exact) mass is 383 g/mol. The van der Waals surface area contributed by atoms with Gasteiger partial charge in [-0.3, -0.25) is 4.98 Å². The first-order chi connectivity index (χ1) is 13.2. The lowest BCUT2D eigenvalue weighted by atomic mass is 10.0. The molecule has 0 fully saturated rings. The Morgan fingerprint density at radius 2 is 2.07 bits per heavy atom. The summed E-state index contributed by atoms with van der Waals surface area (Å²) in [6.45, 7) is 3.33. The summed E-state index contributed by atoms with van der Waals surface area (Å²) in [5.41, 5.74) is 3.78. The molecule has 1 aliphatic rings. The number of fused-ring (bicyclic) bond motifs is 1. The van der Waals surface area contributed by atoms with Crippen LogP contribution in [0, 0.1) is 5.82 Å². The molecule has 1 N–H and O–H groups in total. The van der Waals surface area contributed by atoms with Gasteiger partial charge in [0.25, 0.3) is 0 Å². The molecule has 0 saturated heterocycles. The Morgan fingerprint density at radius 3 is 2.93 bits per heavy atom. The third kappa shape index (κ3) is 3.60. The number of pyridine rings is 2. The predicted molar refractivity (Wildman–Crippen MR) is 106 cm³/mol. The quantitative estimate of drug-likeness (QED) is 0.658. The molecule has 0 radical (unpaired) electrons. The zero-order valence-electron chi connectivity index (χ0n) is 14.9. The van der Waals surface area contributed by atoms with Gasteiger partial charge in [0.1, 0.15) is 12.4 Å². The zero-order valence-corrected chi connectivity index (χ0v) is 15.7. The Balaban J connectivity index is 1.90. The summed E-state index contributed by atoms with van der Waals surface area (Å²) in [6.07, 6.45) is 5.65. The van der Waals surface area contributed by atoms with Crippen molar-refractivity contribution in [1.82, 2.24) is 9.97 Å². The van der Waals surface area contributed by atoms with E-state index < -0.39 is 0 Å². The van der Waals surface area contributed by atoms with Crippen LogP contribution >= 0.6 is 11.6 Å². The summed E-state index contributed by atoms with van der Waals surface area (Å²) in [5.74, 6) is 0.907. The van der Waals surface area contributed by atoms with Crippen LogP contribution in [0.15, 0.2) is 42.7 Å². The SMILES string of the molecule is CCCc1cncc(-c2cc(-c3cc(Cl)ccc3F)nc3c2OCCN3)c1. The molecule has 0 amide bonds. The van der Waals surface area contributed by atoms with E-state index in [1.807, 2.05) is 12.3 Å². The van der Waals surface area contributed by atoms with Crippen LogP contribution in [-0.4, -0.2) is 23.1 Å². The van der Waals surface area contributed by atoms with E-state index in [1.54, 1.807) is 12.3 Å². The van der Waals surface area contributed by atoms with Gasteiger partial charge in [0, 0.05) is 34.1 Å². The second kappa shape index (κ2) is 7.53. The van der Waals surface area contributed by atoms with Gasteiger partial charge >= 0.3 is 0 Å². The number of hydrogen-bond donors (Lipinski definition) is 1. The molecule has 0 unspecified atom stereocenters. The van der Waals surface area contributed by atoms with Crippen molar-refractivity contribution in [2.24, 2.45) is 0 Å². The zero-order chi connectivity index (χ0) is 18.8. The normalized spacial score (nSPS) is 12.9. The molecule has 4 rings (SSSR count). The van der Waals surface area contributed by atoms with Crippen LogP contribution in [0.5, 0.6) is 5.75 Å². The van der Waals surface area contributed by atoms with Gasteiger partial charge in [0.2, 0.25) is 0 Å². The van der Waals surface area contributed by atoms with Crippen LogP contribution in [-0.2, 0) is 6.42 Å². The van der Waals surface area contributed by atoms with E-state index in [4.69, 9.17) is 16.3 Å². The first kappa shape index (κ1) is 17.7. The Bertz CT molecular complexity index is 993. The maximum Gasteiger partial charge on any atom is 0.170 e. The molecule has 6 heteroatoms. The highest BCUT2D eigenvalue weighted by molar-refractivity contribution is 6.30. The van der Waals surface area contributed by atoms with E-state index >= 15 is 0 Å². The lowest BCUT2D eigenvalue weighted by molar-refractivity contribution is 0.323. The highest BCUT2D eigenvalue weighted by Gasteiger charge is 2.21. The third-order valence-electron chi connectivity index (χ3n) is 4.46. The van der Waals surface area contributed by atoms with E-state index in [0.717, 1.165) is 29.5 Å². The molecule has 2 aromatic heterocycles. The lowest BCUT2D eigenvalue weighted by Crippen LogP contribution is -2.20. The van der Waals surface area contributed by atoms with E-state index in [-0.39, 0.29) is 5.82 Å². The van der Waals surface area contributed by atoms with Crippen LogP contribution in [0.3, 0.4) is 0 Å². The van der Waals surface area contributed by atoms with Crippen molar-refractivity contribution >= 4 is 17.4 Å². The number of ether oxygens (including phenoxy) is 1. The largest absolute Gasteiger partial charge is 0.487 e. The van der Waals surface area contributed by atoms with E-state index in [9.17, 15) is 4.39 Å². The molecule has 3 heterocycles. The molecule has 0 saturated carbocycles. The second-order valence-electron chi connectivity index (χ2n) is 6.46. The Hall–Kier alpha value is -2.66. The molecule has 4 nitrogen and oxygen atoms in total. The van der Waals surface area contributed by atoms with Gasteiger partial charge in [-0.2, -0.15) is 0 Å². The summed E-state index contributed by atoms with van der Waals surface area (Å²) in [5, 5.41) is 3.71. The van der Waals surface area contributed by atoms with Crippen LogP contribution in [0.2, 0.25) is 5.02 Å². The summed E-state index contributed by atoms with van der Waals surface area (Å²) >= 11 is 6.08. The summed E-state index contributed by atoms with van der Waals surface area (Å²) in [4.78, 5) is 8.95. The summed E-state index contributed by atoms with van der Waals surface area (Å²) in [7, 11) is 0. The topological polar surface area (TPSA) is 47.0 Å². The highest BCUT2D eigenvalue weighted by atomic mass is 35.5. The van der Waals surface area contributed by atoms with Crippen LogP contribution in [0.4, 0.5) is 10.2 Å². The Morgan fingerprint density at radius 1 is 1.19 bits per heavy atom. The number of rotatable bonds is 4. The number of nitrogens with zero attached hydrogens (tertiary/aromatic N) is 2. The fraction of sp³-hybridized carbons (Fsp3) is 0.238. The number of aromatic nitrogens is 2. The molecule has 0 atom stereocenters. The summed E-state index contributed by atoms with van der Waals surface area (Å²) in [6, 6.07) is 8.41. The number of halogens is 2. The number of nitrogens with one attached hydrogen (secondary N) is 1. The molecule has 1 aromatic carbocycles. The minimum atomic E-state index is -0.368. The van der Waals surface area contributed by atoms with Crippen LogP contribution < -0.4 is 10.1 Å². The molecule has 138 valence electrons. The molecular weight excluding hydrogens is 365 g/mol. The first-order valence-corrected chi connectivity index (χ1v) is 9.35. The van der Waals surface area contributed by atoms with Gasteiger partial charge in [-0.1, -0.05) is 24.9 Å². The van der Waals surface area contributed by atoms with Gasteiger partial charge in [-0.25, -0.2) is 9.37 Å². The van der Waals surface area contributed by atoms with E-state index in [0.29, 0.717) is 41.0 Å². The molecule has 3 aromatic rings. The van der Waals surface area contributed by atoms with Gasteiger partial charge < -0.3 is 10.1 Å². The van der Waals surface area contributed by atoms with Gasteiger partial charge in [-0.05, 0) is 42.3 Å². The lowest BCUT2D eigenvalue weighted by Gasteiger charge is -2.22. The van der Waals surface area contributed by atoms with Crippen molar-refractivity contribution in [2.45, 2.75) is 19.8 Å². The van der Waals surface area contributed by atoms with Crippen LogP contribution in [0.25, 0.3) is 22.4 Å². The van der Waals surface area contributed by atoms with Crippen molar-refractivity contribution in [3.63, 3.8) is 0 Å². The molecule has 27 heavy (non-hydrogen) atoms. The number of benzene rings is 1. The Labute approximate surface area is 162 Å². The van der Waals surface area contributed by atoms with Crippen molar-refractivity contribution < 1.29 is 9.13 Å². The van der Waals surface area contributed by atoms with E-state index in [2.05, 4.69) is 28.3 Å². The van der Waals surface area contributed by atoms with Gasteiger partial charge in [0.15, 0.2) is 11.6 Å². The number of hydrogen-bond acceptors (Lipinski definition) is 4. The fourth-order valence-corrected chi connectivity index (χ4v) is 3.40. The third-order valence-corrected chi connectivity index (χ3v) is 4.70. The van der Waals surface area contributed by atoms with Crippen molar-refractivity contribution in [3.8, 4) is 28.1 Å². The van der Waals surface area contributed by atoms with Crippen molar-refractivity contribution in [1.29, 1.82) is 0 Å². The van der Waals surface area contributed by atoms with Gasteiger partial charge in [-0.15, -0.1) is 0 Å². The van der Waals surface area contributed by atoms with Crippen molar-refractivity contribution in [2.75, 3.05) is 18.5 Å². The maximum atomic E-state index is 14.4. The molecule has 0 bridgehead atoms. The summed E-state index contributed by atoms with van der Waals surface area (Å²) < 4.78 is 20.3.